The summed E-state index contributed by atoms with van der Waals surface area (Å²) >= 11 is 3.34. The Kier molecular flexibility index (Phi) is 4.75. The van der Waals surface area contributed by atoms with Gasteiger partial charge in [0.1, 0.15) is 41.4 Å². The number of aromatic amines is 1. The summed E-state index contributed by atoms with van der Waals surface area (Å²) in [7, 11) is 0. The van der Waals surface area contributed by atoms with Crippen LogP contribution in [0.3, 0.4) is 0 Å². The first-order valence-electron chi connectivity index (χ1n) is 12.0. The zero-order valence-corrected chi connectivity index (χ0v) is 21.0. The first-order valence-corrected chi connectivity index (χ1v) is 13.8. The van der Waals surface area contributed by atoms with Crippen LogP contribution in [0.25, 0.3) is 11.0 Å². The van der Waals surface area contributed by atoms with Gasteiger partial charge in [-0.25, -0.2) is 4.39 Å². The van der Waals surface area contributed by atoms with Crippen molar-refractivity contribution in [2.75, 3.05) is 43.4 Å². The molecule has 0 saturated carbocycles. The minimum atomic E-state index is -0.829. The maximum Gasteiger partial charge on any atom is 0.320 e. The van der Waals surface area contributed by atoms with E-state index >= 15 is 0 Å². The molecule has 9 nitrogen and oxygen atoms in total. The number of aromatic nitrogens is 3. The molecule has 0 radical (unpaired) electrons. The monoisotopic (exact) mass is 522 g/mol. The summed E-state index contributed by atoms with van der Waals surface area (Å²) in [6, 6.07) is 4.76. The highest BCUT2D eigenvalue weighted by Crippen LogP contribution is 2.58. The summed E-state index contributed by atoms with van der Waals surface area (Å²) in [4.78, 5) is 17.9. The fourth-order valence-electron chi connectivity index (χ4n) is 6.46. The fraction of sp³-hybridized carbons (Fsp3) is 0.500. The minimum Gasteiger partial charge on any atom is -0.461 e. The molecule has 12 heteroatoms. The van der Waals surface area contributed by atoms with E-state index in [-0.39, 0.29) is 16.3 Å². The number of nitrogens with two attached hydrogens (primary N) is 1. The predicted molar refractivity (Wildman–Crippen MR) is 136 cm³/mol. The van der Waals surface area contributed by atoms with Crippen molar-refractivity contribution in [3.8, 4) is 18.1 Å². The average Bonchev–Trinajstić information content (AvgIpc) is 3.61. The van der Waals surface area contributed by atoms with Crippen molar-refractivity contribution < 1.29 is 9.13 Å². The Labute approximate surface area is 215 Å². The van der Waals surface area contributed by atoms with E-state index in [9.17, 15) is 14.9 Å². The van der Waals surface area contributed by atoms with Crippen molar-refractivity contribution in [3.63, 3.8) is 0 Å². The summed E-state index contributed by atoms with van der Waals surface area (Å²) in [6.45, 7) is 3.00. The summed E-state index contributed by atoms with van der Waals surface area (Å²) in [5.74, 6) is 1.49. The van der Waals surface area contributed by atoms with Gasteiger partial charge in [-0.05, 0) is 19.4 Å². The van der Waals surface area contributed by atoms with Gasteiger partial charge in [-0.2, -0.15) is 20.5 Å². The number of nitrogens with one attached hydrogen (secondary N) is 1. The Bertz CT molecular complexity index is 1480. The molecule has 3 saturated heterocycles. The van der Waals surface area contributed by atoms with Crippen molar-refractivity contribution >= 4 is 45.0 Å². The summed E-state index contributed by atoms with van der Waals surface area (Å²) < 4.78 is 20.1. The number of rotatable bonds is 4. The second kappa shape index (κ2) is 7.72. The quantitative estimate of drug-likeness (QED) is 0.530. The molecule has 184 valence electrons. The number of nitriles is 2. The molecule has 7 rings (SSSR count). The van der Waals surface area contributed by atoms with Crippen LogP contribution in [-0.4, -0.2) is 64.3 Å². The van der Waals surface area contributed by atoms with Crippen LogP contribution in [0.2, 0.25) is 0 Å². The molecule has 0 aliphatic carbocycles. The van der Waals surface area contributed by atoms with E-state index in [0.29, 0.717) is 65.6 Å². The number of thiophene rings is 1. The van der Waals surface area contributed by atoms with Gasteiger partial charge in [0.25, 0.3) is 0 Å². The molecule has 1 unspecified atom stereocenters. The van der Waals surface area contributed by atoms with Gasteiger partial charge in [-0.1, -0.05) is 0 Å². The number of hydrogen-bond acceptors (Lipinski definition) is 10. The normalized spacial score (nSPS) is 26.1. The highest BCUT2D eigenvalue weighted by Gasteiger charge is 2.53. The van der Waals surface area contributed by atoms with Crippen LogP contribution in [0.15, 0.2) is 6.20 Å². The van der Waals surface area contributed by atoms with Crippen molar-refractivity contribution in [2.24, 2.45) is 0 Å². The number of halogens is 1. The maximum absolute atomic E-state index is 14.2. The largest absolute Gasteiger partial charge is 0.461 e. The Morgan fingerprint density at radius 2 is 2.17 bits per heavy atom. The molecule has 36 heavy (non-hydrogen) atoms. The zero-order valence-electron chi connectivity index (χ0n) is 19.4. The third kappa shape index (κ3) is 3.01. The Morgan fingerprint density at radius 1 is 1.31 bits per heavy atom. The molecule has 7 heterocycles. The first kappa shape index (κ1) is 22.2. The van der Waals surface area contributed by atoms with Gasteiger partial charge in [0, 0.05) is 48.4 Å². The van der Waals surface area contributed by atoms with Crippen LogP contribution < -0.4 is 15.4 Å². The zero-order chi connectivity index (χ0) is 24.7. The second-order valence-corrected chi connectivity index (χ2v) is 12.6. The molecule has 0 aromatic carbocycles. The Balaban J connectivity index is 1.21. The number of thioether (sulfide) groups is 1. The van der Waals surface area contributed by atoms with E-state index in [1.165, 1.54) is 16.2 Å². The summed E-state index contributed by atoms with van der Waals surface area (Å²) in [5.41, 5.74) is 8.50. The maximum atomic E-state index is 14.2. The number of anilines is 2. The average molecular weight is 523 g/mol. The minimum absolute atomic E-state index is 0.209. The van der Waals surface area contributed by atoms with Crippen molar-refractivity contribution in [1.82, 2.24) is 19.9 Å². The molecule has 0 amide bonds. The van der Waals surface area contributed by atoms with Crippen molar-refractivity contribution in [1.29, 1.82) is 10.5 Å². The van der Waals surface area contributed by atoms with Crippen molar-refractivity contribution in [3.05, 3.63) is 27.8 Å². The molecule has 2 atom stereocenters. The molecule has 3 N–H and O–H groups in total. The third-order valence-electron chi connectivity index (χ3n) is 8.09. The molecular formula is C24H23FN8OS2. The number of alkyl halides is 1. The lowest BCUT2D eigenvalue weighted by atomic mass is 9.88. The van der Waals surface area contributed by atoms with Crippen LogP contribution in [0, 0.1) is 22.7 Å². The van der Waals surface area contributed by atoms with Crippen LogP contribution in [-0.2, 0) is 10.5 Å². The van der Waals surface area contributed by atoms with E-state index in [0.717, 1.165) is 30.7 Å². The SMILES string of the molecule is N#Cc1c(N)sc2c1C1(CN(c3nc(OCC45CCCN4C[C@H](F)C5)nc4[nH]cc(C#N)c34)C1)SC2. The molecular weight excluding hydrogens is 499 g/mol. The van der Waals surface area contributed by atoms with E-state index in [1.807, 2.05) is 11.8 Å². The number of H-pyrrole nitrogens is 1. The smallest absolute Gasteiger partial charge is 0.320 e. The van der Waals surface area contributed by atoms with Gasteiger partial charge < -0.3 is 20.4 Å². The molecule has 4 aliphatic rings. The standard InChI is InChI=1S/C24H23FN8OS2/c25-14-4-23(2-1-3-33(23)8-14)12-34-22-30-20-17(13(5-26)7-29-20)21(31-22)32-10-24(11-32)18-15(6-27)19(28)36-16(18)9-35-24/h7,14H,1-4,8-12,28H2,(H,29,30,31)/t14-,23?/m1/s1. The highest BCUT2D eigenvalue weighted by molar-refractivity contribution is 8.00. The lowest BCUT2D eigenvalue weighted by Crippen LogP contribution is -2.57. The van der Waals surface area contributed by atoms with Crippen molar-refractivity contribution in [2.45, 2.75) is 41.5 Å². The second-order valence-electron chi connectivity index (χ2n) is 10.1. The third-order valence-corrected chi connectivity index (χ3v) is 10.7. The molecule has 3 aromatic rings. The fourth-order valence-corrected chi connectivity index (χ4v) is 9.27. The highest BCUT2D eigenvalue weighted by atomic mass is 32.2. The lowest BCUT2D eigenvalue weighted by molar-refractivity contribution is 0.107. The van der Waals surface area contributed by atoms with Crippen LogP contribution >= 0.6 is 23.1 Å². The van der Waals surface area contributed by atoms with Gasteiger partial charge in [0.05, 0.1) is 26.8 Å². The predicted octanol–water partition coefficient (Wildman–Crippen LogP) is 3.26. The van der Waals surface area contributed by atoms with E-state index in [2.05, 4.69) is 31.9 Å². The number of nitrogens with zero attached hydrogens (tertiary/aromatic N) is 6. The van der Waals surface area contributed by atoms with E-state index in [4.69, 9.17) is 15.5 Å². The topological polar surface area (TPSA) is 131 Å². The number of ether oxygens (including phenoxy) is 1. The van der Waals surface area contributed by atoms with Crippen LogP contribution in [0.4, 0.5) is 15.2 Å². The molecule has 3 aromatic heterocycles. The number of hydrogen-bond donors (Lipinski definition) is 2. The molecule has 4 aliphatic heterocycles. The van der Waals surface area contributed by atoms with Crippen LogP contribution in [0.5, 0.6) is 6.01 Å². The van der Waals surface area contributed by atoms with Gasteiger partial charge in [-0.15, -0.1) is 23.1 Å². The molecule has 0 bridgehead atoms. The lowest BCUT2D eigenvalue weighted by Gasteiger charge is -2.48. The van der Waals surface area contributed by atoms with Gasteiger partial charge >= 0.3 is 6.01 Å². The van der Waals surface area contributed by atoms with E-state index in [1.54, 1.807) is 6.20 Å². The first-order chi connectivity index (χ1) is 17.4. The van der Waals surface area contributed by atoms with E-state index < -0.39 is 6.17 Å². The van der Waals surface area contributed by atoms with Gasteiger partial charge in [0.2, 0.25) is 0 Å². The summed E-state index contributed by atoms with van der Waals surface area (Å²) in [5, 5.41) is 20.7. The van der Waals surface area contributed by atoms with Crippen LogP contribution in [0.1, 0.15) is 40.8 Å². The molecule has 1 spiro atoms. The molecule has 3 fully saturated rings. The van der Waals surface area contributed by atoms with Gasteiger partial charge in [-0.3, -0.25) is 4.90 Å². The Hall–Kier alpha value is -3.06. The van der Waals surface area contributed by atoms with Gasteiger partial charge in [0.15, 0.2) is 0 Å². The number of nitrogen functional groups attached to an aromatic ring is 1. The summed E-state index contributed by atoms with van der Waals surface area (Å²) in [6.07, 6.45) is 3.23. The Morgan fingerprint density at radius 3 is 2.97 bits per heavy atom. The number of fused-ring (bicyclic) bond motifs is 4.